The minimum absolute atomic E-state index is 0.0351. The summed E-state index contributed by atoms with van der Waals surface area (Å²) >= 11 is 18.6. The van der Waals surface area contributed by atoms with Gasteiger partial charge in [-0.15, -0.1) is 0 Å². The largest absolute Gasteiger partial charge is 0.313 e. The Morgan fingerprint density at radius 3 is 2.37 bits per heavy atom. The summed E-state index contributed by atoms with van der Waals surface area (Å²) in [6.07, 6.45) is 4.02. The van der Waals surface area contributed by atoms with Crippen molar-refractivity contribution in [2.75, 3.05) is 7.05 Å². The molecule has 2 rings (SSSR count). The van der Waals surface area contributed by atoms with Crippen LogP contribution in [0.3, 0.4) is 0 Å². The maximum absolute atomic E-state index is 6.20. The molecule has 1 heterocycles. The number of nitrogens with zero attached hydrogens (tertiary/aromatic N) is 1. The lowest BCUT2D eigenvalue weighted by molar-refractivity contribution is 0.591. The zero-order valence-corrected chi connectivity index (χ0v) is 12.6. The number of benzene rings is 1. The number of halogens is 3. The van der Waals surface area contributed by atoms with Crippen molar-refractivity contribution in [1.82, 2.24) is 10.3 Å². The zero-order valence-electron chi connectivity index (χ0n) is 10.3. The number of likely N-dealkylation sites (N-methyl/N-ethyl adjacent to an activating group) is 1. The Kier molecular flexibility index (Phi) is 5.06. The second kappa shape index (κ2) is 6.58. The van der Waals surface area contributed by atoms with Crippen LogP contribution in [-0.4, -0.2) is 12.0 Å². The SMILES string of the molecule is CNC(Cc1c(Cl)cccc1Cl)c1ccncc1Cl. The second-order valence-electron chi connectivity index (χ2n) is 4.14. The van der Waals surface area contributed by atoms with Crippen LogP contribution >= 0.6 is 34.8 Å². The van der Waals surface area contributed by atoms with Crippen molar-refractivity contribution in [2.24, 2.45) is 0 Å². The smallest absolute Gasteiger partial charge is 0.0637 e. The van der Waals surface area contributed by atoms with Crippen molar-refractivity contribution in [1.29, 1.82) is 0 Å². The molecule has 100 valence electrons. The molecule has 0 aliphatic heterocycles. The van der Waals surface area contributed by atoms with Crippen LogP contribution in [0.25, 0.3) is 0 Å². The van der Waals surface area contributed by atoms with E-state index in [9.17, 15) is 0 Å². The van der Waals surface area contributed by atoms with Crippen LogP contribution in [0.4, 0.5) is 0 Å². The molecule has 1 aromatic heterocycles. The van der Waals surface area contributed by atoms with Gasteiger partial charge in [-0.25, -0.2) is 0 Å². The van der Waals surface area contributed by atoms with Crippen molar-refractivity contribution in [3.05, 3.63) is 62.9 Å². The van der Waals surface area contributed by atoms with E-state index in [0.717, 1.165) is 11.1 Å². The van der Waals surface area contributed by atoms with Gasteiger partial charge in [0.05, 0.1) is 5.02 Å². The van der Waals surface area contributed by atoms with Crippen LogP contribution in [0.1, 0.15) is 17.2 Å². The van der Waals surface area contributed by atoms with E-state index in [1.165, 1.54) is 0 Å². The van der Waals surface area contributed by atoms with Gasteiger partial charge in [-0.05, 0) is 42.8 Å². The van der Waals surface area contributed by atoms with Gasteiger partial charge >= 0.3 is 0 Å². The molecular weight excluding hydrogens is 303 g/mol. The van der Waals surface area contributed by atoms with Crippen molar-refractivity contribution >= 4 is 34.8 Å². The fourth-order valence-corrected chi connectivity index (χ4v) is 2.77. The third kappa shape index (κ3) is 3.40. The maximum atomic E-state index is 6.20. The van der Waals surface area contributed by atoms with Crippen LogP contribution in [0, 0.1) is 0 Å². The first-order chi connectivity index (χ1) is 9.13. The van der Waals surface area contributed by atoms with E-state index in [2.05, 4.69) is 10.3 Å². The molecule has 0 saturated carbocycles. The summed E-state index contributed by atoms with van der Waals surface area (Å²) < 4.78 is 0. The number of nitrogens with one attached hydrogen (secondary N) is 1. The highest BCUT2D eigenvalue weighted by Gasteiger charge is 2.16. The molecule has 0 bridgehead atoms. The average molecular weight is 316 g/mol. The van der Waals surface area contributed by atoms with E-state index in [1.54, 1.807) is 12.4 Å². The van der Waals surface area contributed by atoms with E-state index in [4.69, 9.17) is 34.8 Å². The highest BCUT2D eigenvalue weighted by Crippen LogP contribution is 2.31. The molecule has 0 radical (unpaired) electrons. The van der Waals surface area contributed by atoms with Crippen molar-refractivity contribution in [3.8, 4) is 0 Å². The van der Waals surface area contributed by atoms with Crippen molar-refractivity contribution < 1.29 is 0 Å². The summed E-state index contributed by atoms with van der Waals surface area (Å²) in [6, 6.07) is 7.44. The van der Waals surface area contributed by atoms with Crippen molar-refractivity contribution in [3.63, 3.8) is 0 Å². The van der Waals surface area contributed by atoms with Crippen LogP contribution < -0.4 is 5.32 Å². The predicted octanol–water partition coefficient (Wildman–Crippen LogP) is 4.55. The Labute approximate surface area is 127 Å². The molecule has 0 aliphatic carbocycles. The average Bonchev–Trinajstić information content (AvgIpc) is 2.40. The number of hydrogen-bond acceptors (Lipinski definition) is 2. The highest BCUT2D eigenvalue weighted by molar-refractivity contribution is 6.36. The molecule has 0 spiro atoms. The molecule has 0 saturated heterocycles. The monoisotopic (exact) mass is 314 g/mol. The summed E-state index contributed by atoms with van der Waals surface area (Å²) in [5.41, 5.74) is 1.90. The summed E-state index contributed by atoms with van der Waals surface area (Å²) in [4.78, 5) is 3.99. The van der Waals surface area contributed by atoms with Gasteiger partial charge < -0.3 is 5.32 Å². The lowest BCUT2D eigenvalue weighted by atomic mass is 9.99. The molecule has 2 nitrogen and oxygen atoms in total. The number of aromatic nitrogens is 1. The van der Waals surface area contributed by atoms with Gasteiger partial charge in [0.1, 0.15) is 0 Å². The fourth-order valence-electron chi connectivity index (χ4n) is 1.97. The predicted molar refractivity (Wildman–Crippen MR) is 81.2 cm³/mol. The number of rotatable bonds is 4. The van der Waals surface area contributed by atoms with Gasteiger partial charge in [0.25, 0.3) is 0 Å². The Hall–Kier alpha value is -0.800. The first-order valence-electron chi connectivity index (χ1n) is 5.83. The Morgan fingerprint density at radius 2 is 1.79 bits per heavy atom. The van der Waals surface area contributed by atoms with Gasteiger partial charge in [0, 0.05) is 28.5 Å². The molecular formula is C14H13Cl3N2. The van der Waals surface area contributed by atoms with E-state index in [1.807, 2.05) is 31.3 Å². The highest BCUT2D eigenvalue weighted by atomic mass is 35.5. The molecule has 19 heavy (non-hydrogen) atoms. The number of pyridine rings is 1. The Morgan fingerprint density at radius 1 is 1.11 bits per heavy atom. The van der Waals surface area contributed by atoms with E-state index >= 15 is 0 Å². The zero-order chi connectivity index (χ0) is 13.8. The van der Waals surface area contributed by atoms with Crippen molar-refractivity contribution in [2.45, 2.75) is 12.5 Å². The molecule has 5 heteroatoms. The molecule has 1 atom stereocenters. The van der Waals surface area contributed by atoms with Gasteiger partial charge in [-0.1, -0.05) is 40.9 Å². The van der Waals surface area contributed by atoms with Crippen LogP contribution in [0.15, 0.2) is 36.7 Å². The minimum atomic E-state index is 0.0351. The summed E-state index contributed by atoms with van der Waals surface area (Å²) in [7, 11) is 1.88. The normalized spacial score (nSPS) is 12.4. The molecule has 1 aromatic carbocycles. The molecule has 1 unspecified atom stereocenters. The number of hydrogen-bond donors (Lipinski definition) is 1. The van der Waals surface area contributed by atoms with E-state index in [0.29, 0.717) is 21.5 Å². The lowest BCUT2D eigenvalue weighted by Crippen LogP contribution is -2.19. The molecule has 0 aliphatic rings. The summed E-state index contributed by atoms with van der Waals surface area (Å²) in [6.45, 7) is 0. The first kappa shape index (κ1) is 14.6. The third-order valence-corrected chi connectivity index (χ3v) is 4.02. The van der Waals surface area contributed by atoms with Gasteiger partial charge in [0.15, 0.2) is 0 Å². The van der Waals surface area contributed by atoms with Crippen LogP contribution in [0.5, 0.6) is 0 Å². The van der Waals surface area contributed by atoms with Gasteiger partial charge in [-0.3, -0.25) is 4.98 Å². The van der Waals surface area contributed by atoms with Crippen LogP contribution in [-0.2, 0) is 6.42 Å². The topological polar surface area (TPSA) is 24.9 Å². The molecule has 0 amide bonds. The Balaban J connectivity index is 2.32. The maximum Gasteiger partial charge on any atom is 0.0637 e. The standard InChI is InChI=1S/C14H13Cl3N2/c1-18-14(9-5-6-19-8-13(9)17)7-10-11(15)3-2-4-12(10)16/h2-6,8,14,18H,7H2,1H3. The van der Waals surface area contributed by atoms with Crippen LogP contribution in [0.2, 0.25) is 15.1 Å². The van der Waals surface area contributed by atoms with Gasteiger partial charge in [-0.2, -0.15) is 0 Å². The first-order valence-corrected chi connectivity index (χ1v) is 6.96. The summed E-state index contributed by atoms with van der Waals surface area (Å²) in [5.74, 6) is 0. The van der Waals surface area contributed by atoms with Gasteiger partial charge in [0.2, 0.25) is 0 Å². The lowest BCUT2D eigenvalue weighted by Gasteiger charge is -2.19. The minimum Gasteiger partial charge on any atom is -0.313 e. The third-order valence-electron chi connectivity index (χ3n) is 3.00. The van der Waals surface area contributed by atoms with E-state index < -0.39 is 0 Å². The quantitative estimate of drug-likeness (QED) is 0.895. The molecule has 2 aromatic rings. The molecule has 0 fully saturated rings. The molecule has 1 N–H and O–H groups in total. The second-order valence-corrected chi connectivity index (χ2v) is 5.36. The summed E-state index contributed by atoms with van der Waals surface area (Å²) in [5, 5.41) is 5.19. The van der Waals surface area contributed by atoms with E-state index in [-0.39, 0.29) is 6.04 Å². The Bertz CT molecular complexity index is 552. The fraction of sp³-hybridized carbons (Fsp3) is 0.214.